The van der Waals surface area contributed by atoms with Gasteiger partial charge < -0.3 is 9.84 Å². The summed E-state index contributed by atoms with van der Waals surface area (Å²) >= 11 is 1.77. The van der Waals surface area contributed by atoms with Gasteiger partial charge in [-0.05, 0) is 54.2 Å². The number of rotatable bonds is 14. The number of benzene rings is 2. The number of thioether (sulfide) groups is 1. The highest BCUT2D eigenvalue weighted by Crippen LogP contribution is 2.38. The topological polar surface area (TPSA) is 29.5 Å². The van der Waals surface area contributed by atoms with E-state index < -0.39 is 0 Å². The van der Waals surface area contributed by atoms with Gasteiger partial charge >= 0.3 is 0 Å². The summed E-state index contributed by atoms with van der Waals surface area (Å²) in [6.45, 7) is 5.19. The van der Waals surface area contributed by atoms with Gasteiger partial charge in [0.25, 0.3) is 0 Å². The maximum absolute atomic E-state index is 14.1. The van der Waals surface area contributed by atoms with Crippen molar-refractivity contribution >= 4 is 11.8 Å². The maximum Gasteiger partial charge on any atom is 0.123 e. The fourth-order valence-electron chi connectivity index (χ4n) is 3.85. The summed E-state index contributed by atoms with van der Waals surface area (Å²) in [6, 6.07) is 13.4. The molecular weight excluding hydrogens is 395 g/mol. The van der Waals surface area contributed by atoms with Crippen LogP contribution in [0.3, 0.4) is 0 Å². The first-order valence-electron chi connectivity index (χ1n) is 11.1. The molecule has 0 aliphatic rings. The largest absolute Gasteiger partial charge is 0.396 e. The lowest BCUT2D eigenvalue weighted by atomic mass is 9.81. The summed E-state index contributed by atoms with van der Waals surface area (Å²) in [7, 11) is 1.69. The molecule has 0 saturated heterocycles. The van der Waals surface area contributed by atoms with Crippen molar-refractivity contribution < 1.29 is 14.2 Å². The molecule has 0 radical (unpaired) electrons. The predicted molar refractivity (Wildman–Crippen MR) is 126 cm³/mol. The van der Waals surface area contributed by atoms with Crippen LogP contribution in [0.2, 0.25) is 0 Å². The molecule has 0 atom stereocenters. The highest BCUT2D eigenvalue weighted by Gasteiger charge is 2.28. The summed E-state index contributed by atoms with van der Waals surface area (Å²) in [5.74, 6) is 0.666. The number of aliphatic hydroxyl groups is 1. The maximum atomic E-state index is 14.1. The van der Waals surface area contributed by atoms with Crippen molar-refractivity contribution in [1.82, 2.24) is 0 Å². The van der Waals surface area contributed by atoms with Crippen LogP contribution < -0.4 is 0 Å². The molecule has 0 aliphatic heterocycles. The van der Waals surface area contributed by atoms with E-state index in [9.17, 15) is 9.50 Å². The molecule has 0 aromatic heterocycles. The Balaban J connectivity index is 2.19. The molecule has 2 aromatic rings. The Kier molecular flexibility index (Phi) is 10.9. The zero-order valence-electron chi connectivity index (χ0n) is 18.8. The monoisotopic (exact) mass is 432 g/mol. The van der Waals surface area contributed by atoms with Crippen LogP contribution in [-0.4, -0.2) is 24.6 Å². The second kappa shape index (κ2) is 13.1. The van der Waals surface area contributed by atoms with Gasteiger partial charge in [-0.15, -0.1) is 11.8 Å². The Morgan fingerprint density at radius 3 is 2.33 bits per heavy atom. The first-order valence-corrected chi connectivity index (χ1v) is 12.1. The molecule has 0 amide bonds. The Morgan fingerprint density at radius 1 is 1.00 bits per heavy atom. The van der Waals surface area contributed by atoms with Gasteiger partial charge in [-0.1, -0.05) is 63.8 Å². The molecule has 1 N–H and O–H groups in total. The smallest absolute Gasteiger partial charge is 0.123 e. The van der Waals surface area contributed by atoms with Crippen LogP contribution in [0.25, 0.3) is 0 Å². The average Bonchev–Trinajstić information content (AvgIpc) is 2.75. The third kappa shape index (κ3) is 7.72. The molecule has 30 heavy (non-hydrogen) atoms. The number of unbranched alkanes of at least 4 members (excludes halogenated alkanes) is 2. The molecule has 166 valence electrons. The lowest BCUT2D eigenvalue weighted by Crippen LogP contribution is -2.28. The lowest BCUT2D eigenvalue weighted by molar-refractivity contribution is 0.122. The van der Waals surface area contributed by atoms with Gasteiger partial charge in [0.05, 0.1) is 6.61 Å². The summed E-state index contributed by atoms with van der Waals surface area (Å²) in [5.41, 5.74) is 3.23. The van der Waals surface area contributed by atoms with Crippen LogP contribution in [0.15, 0.2) is 47.4 Å². The van der Waals surface area contributed by atoms with Crippen molar-refractivity contribution in [1.29, 1.82) is 0 Å². The second-order valence-corrected chi connectivity index (χ2v) is 9.35. The van der Waals surface area contributed by atoms with Crippen LogP contribution in [0.5, 0.6) is 0 Å². The predicted octanol–water partition coefficient (Wildman–Crippen LogP) is 7.01. The molecule has 0 fully saturated rings. The van der Waals surface area contributed by atoms with E-state index in [0.29, 0.717) is 13.0 Å². The van der Waals surface area contributed by atoms with Gasteiger partial charge in [0.2, 0.25) is 0 Å². The van der Waals surface area contributed by atoms with Crippen molar-refractivity contribution in [3.05, 3.63) is 65.0 Å². The molecule has 2 nitrogen and oxygen atoms in total. The summed E-state index contributed by atoms with van der Waals surface area (Å²) < 4.78 is 19.3. The van der Waals surface area contributed by atoms with E-state index in [2.05, 4.69) is 26.0 Å². The Bertz CT molecular complexity index is 754. The number of halogens is 1. The highest BCUT2D eigenvalue weighted by molar-refractivity contribution is 7.99. The fourth-order valence-corrected chi connectivity index (χ4v) is 5.17. The van der Waals surface area contributed by atoms with Crippen LogP contribution in [0, 0.1) is 11.2 Å². The molecule has 0 bridgehead atoms. The van der Waals surface area contributed by atoms with E-state index >= 15 is 0 Å². The minimum absolute atomic E-state index is 0.0548. The van der Waals surface area contributed by atoms with Gasteiger partial charge in [-0.2, -0.15) is 0 Å². The molecule has 0 aliphatic carbocycles. The fraction of sp³-hybridized carbons (Fsp3) is 0.538. The summed E-state index contributed by atoms with van der Waals surface area (Å²) in [4.78, 5) is 1.11. The van der Waals surface area contributed by atoms with E-state index in [-0.39, 0.29) is 17.8 Å². The van der Waals surface area contributed by atoms with Crippen molar-refractivity contribution in [3.63, 3.8) is 0 Å². The second-order valence-electron chi connectivity index (χ2n) is 8.34. The van der Waals surface area contributed by atoms with Crippen LogP contribution >= 0.6 is 11.8 Å². The average molecular weight is 433 g/mol. The van der Waals surface area contributed by atoms with Gasteiger partial charge in [-0.25, -0.2) is 4.39 Å². The first kappa shape index (κ1) is 24.9. The van der Waals surface area contributed by atoms with Gasteiger partial charge in [0, 0.05) is 29.8 Å². The van der Waals surface area contributed by atoms with Gasteiger partial charge in [-0.3, -0.25) is 0 Å². The molecule has 0 spiro atoms. The summed E-state index contributed by atoms with van der Waals surface area (Å²) in [5, 5.41) is 10.3. The Hall–Kier alpha value is -1.36. The molecule has 2 rings (SSSR count). The highest BCUT2D eigenvalue weighted by atomic mass is 32.2. The molecule has 0 unspecified atom stereocenters. The van der Waals surface area contributed by atoms with Gasteiger partial charge in [0.15, 0.2) is 0 Å². The van der Waals surface area contributed by atoms with Crippen LogP contribution in [0.4, 0.5) is 4.39 Å². The minimum atomic E-state index is -0.201. The quantitative estimate of drug-likeness (QED) is 0.325. The number of hydrogen-bond donors (Lipinski definition) is 1. The standard InChI is InChI=1S/C26H37FO2S/c1-4-6-13-26(19-28,14-7-5-2)20-30-25-12-11-24(27)17-23(25)16-21-9-8-10-22(15-21)18-29-3/h8-12,15,17,28H,4-7,13-14,16,18-20H2,1-3H3. The van der Waals surface area contributed by atoms with Crippen molar-refractivity contribution in [2.45, 2.75) is 70.3 Å². The number of aliphatic hydroxyl groups excluding tert-OH is 1. The molecule has 0 heterocycles. The van der Waals surface area contributed by atoms with E-state index in [1.165, 1.54) is 0 Å². The zero-order chi connectivity index (χ0) is 21.8. The number of ether oxygens (including phenoxy) is 1. The molecular formula is C26H37FO2S. The van der Waals surface area contributed by atoms with Crippen LogP contribution in [-0.2, 0) is 17.8 Å². The van der Waals surface area contributed by atoms with E-state index in [1.54, 1.807) is 31.0 Å². The Morgan fingerprint density at radius 2 is 1.70 bits per heavy atom. The van der Waals surface area contributed by atoms with E-state index in [1.807, 2.05) is 18.2 Å². The van der Waals surface area contributed by atoms with Crippen molar-refractivity contribution in [3.8, 4) is 0 Å². The number of hydrogen-bond acceptors (Lipinski definition) is 3. The third-order valence-corrected chi connectivity index (χ3v) is 7.18. The normalized spacial score (nSPS) is 11.8. The number of methoxy groups -OCH3 is 1. The van der Waals surface area contributed by atoms with E-state index in [4.69, 9.17) is 4.74 Å². The first-order chi connectivity index (χ1) is 14.6. The summed E-state index contributed by atoms with van der Waals surface area (Å²) in [6.07, 6.45) is 7.32. The third-order valence-electron chi connectivity index (χ3n) is 5.71. The zero-order valence-corrected chi connectivity index (χ0v) is 19.6. The van der Waals surface area contributed by atoms with Crippen molar-refractivity contribution in [2.75, 3.05) is 19.5 Å². The SMILES string of the molecule is CCCCC(CO)(CCCC)CSc1ccc(F)cc1Cc1cccc(COC)c1. The molecule has 4 heteroatoms. The minimum Gasteiger partial charge on any atom is -0.396 e. The van der Waals surface area contributed by atoms with E-state index in [0.717, 1.165) is 65.9 Å². The molecule has 2 aromatic carbocycles. The molecule has 0 saturated carbocycles. The van der Waals surface area contributed by atoms with Crippen molar-refractivity contribution in [2.24, 2.45) is 5.41 Å². The van der Waals surface area contributed by atoms with Crippen LogP contribution in [0.1, 0.15) is 69.1 Å². The Labute approximate surface area is 186 Å². The lowest BCUT2D eigenvalue weighted by Gasteiger charge is -2.32. The van der Waals surface area contributed by atoms with Gasteiger partial charge in [0.1, 0.15) is 5.82 Å².